The van der Waals surface area contributed by atoms with Crippen LogP contribution in [0.5, 0.6) is 0 Å². The van der Waals surface area contributed by atoms with Gasteiger partial charge in [0.25, 0.3) is 0 Å². The molecule has 110 valence electrons. The Hall–Kier alpha value is -2.28. The van der Waals surface area contributed by atoms with Crippen LogP contribution >= 0.6 is 0 Å². The van der Waals surface area contributed by atoms with Crippen LogP contribution in [0.15, 0.2) is 24.4 Å². The van der Waals surface area contributed by atoms with E-state index in [-0.39, 0.29) is 0 Å². The van der Waals surface area contributed by atoms with Crippen LogP contribution < -0.4 is 5.32 Å². The first-order valence-electron chi connectivity index (χ1n) is 7.11. The highest BCUT2D eigenvalue weighted by atomic mass is 16.6. The molecule has 1 aliphatic rings. The number of benzene rings is 1. The highest BCUT2D eigenvalue weighted by molar-refractivity contribution is 5.76. The molecule has 1 aromatic rings. The average Bonchev–Trinajstić information content (AvgIpc) is 2.42. The second kappa shape index (κ2) is 6.01. The molecule has 0 fully saturated rings. The fourth-order valence-corrected chi connectivity index (χ4v) is 2.46. The van der Waals surface area contributed by atoms with E-state index < -0.39 is 11.7 Å². The molecule has 4 nitrogen and oxygen atoms in total. The van der Waals surface area contributed by atoms with E-state index in [0.29, 0.717) is 0 Å². The number of nitrogens with one attached hydrogen (secondary N) is 1. The van der Waals surface area contributed by atoms with Gasteiger partial charge in [-0.05, 0) is 62.8 Å². The number of carbonyl (C=O) groups is 1. The van der Waals surface area contributed by atoms with Crippen molar-refractivity contribution in [2.75, 3.05) is 0 Å². The molecule has 0 radical (unpaired) electrons. The van der Waals surface area contributed by atoms with E-state index in [1.54, 1.807) is 6.20 Å². The zero-order valence-electron chi connectivity index (χ0n) is 12.7. The number of carbonyl (C=O) groups excluding carboxylic acids is 1. The van der Waals surface area contributed by atoms with Gasteiger partial charge < -0.3 is 4.74 Å². The molecule has 0 aliphatic heterocycles. The van der Waals surface area contributed by atoms with Gasteiger partial charge in [-0.1, -0.05) is 12.1 Å². The molecule has 2 rings (SSSR count). The Morgan fingerprint density at radius 1 is 1.38 bits per heavy atom. The minimum Gasteiger partial charge on any atom is -0.444 e. The summed E-state index contributed by atoms with van der Waals surface area (Å²) in [5, 5.41) is 11.8. The Bertz CT molecular complexity index is 619. The molecule has 21 heavy (non-hydrogen) atoms. The molecule has 1 aromatic carbocycles. The number of amides is 1. The monoisotopic (exact) mass is 284 g/mol. The van der Waals surface area contributed by atoms with Crippen molar-refractivity contribution >= 4 is 11.7 Å². The van der Waals surface area contributed by atoms with E-state index in [1.165, 1.54) is 0 Å². The number of hydrogen-bond acceptors (Lipinski definition) is 3. The molecule has 0 aromatic heterocycles. The second-order valence-electron chi connectivity index (χ2n) is 6.11. The number of alkyl carbamates (subject to hydrolysis) is 1. The first kappa shape index (κ1) is 15.1. The van der Waals surface area contributed by atoms with Gasteiger partial charge in [0.05, 0.1) is 11.6 Å². The van der Waals surface area contributed by atoms with Gasteiger partial charge in [0.15, 0.2) is 0 Å². The summed E-state index contributed by atoms with van der Waals surface area (Å²) in [4.78, 5) is 11.7. The summed E-state index contributed by atoms with van der Waals surface area (Å²) in [6, 6.07) is 7.95. The number of nitrogens with zero attached hydrogens (tertiary/aromatic N) is 1. The fourth-order valence-electron chi connectivity index (χ4n) is 2.46. The van der Waals surface area contributed by atoms with Crippen molar-refractivity contribution in [1.29, 1.82) is 5.26 Å². The van der Waals surface area contributed by atoms with Crippen molar-refractivity contribution in [3.8, 4) is 6.07 Å². The lowest BCUT2D eigenvalue weighted by atomic mass is 9.85. The van der Waals surface area contributed by atoms with Crippen molar-refractivity contribution in [2.45, 2.75) is 45.6 Å². The highest BCUT2D eigenvalue weighted by Crippen LogP contribution is 2.32. The summed E-state index contributed by atoms with van der Waals surface area (Å²) in [6.45, 7) is 5.48. The second-order valence-corrected chi connectivity index (χ2v) is 6.11. The fraction of sp³-hybridized carbons (Fsp3) is 0.412. The summed E-state index contributed by atoms with van der Waals surface area (Å²) in [7, 11) is 0. The average molecular weight is 284 g/mol. The zero-order chi connectivity index (χ0) is 15.5. The molecule has 0 heterocycles. The van der Waals surface area contributed by atoms with E-state index in [4.69, 9.17) is 10.00 Å². The molecule has 4 heteroatoms. The van der Waals surface area contributed by atoms with Crippen LogP contribution in [0.3, 0.4) is 0 Å². The normalized spacial score (nSPS) is 16.0. The third-order valence-corrected chi connectivity index (χ3v) is 3.28. The first-order valence-corrected chi connectivity index (χ1v) is 7.11. The van der Waals surface area contributed by atoms with Gasteiger partial charge in [0.1, 0.15) is 5.60 Å². The maximum atomic E-state index is 11.7. The Kier molecular flexibility index (Phi) is 4.32. The van der Waals surface area contributed by atoms with E-state index in [2.05, 4.69) is 11.4 Å². The Balaban J connectivity index is 2.19. The molecule has 0 spiro atoms. The van der Waals surface area contributed by atoms with Gasteiger partial charge in [0, 0.05) is 6.20 Å². The van der Waals surface area contributed by atoms with Crippen LogP contribution in [0.4, 0.5) is 4.79 Å². The number of ether oxygens (including phenoxy) is 1. The van der Waals surface area contributed by atoms with Crippen LogP contribution in [0, 0.1) is 11.3 Å². The van der Waals surface area contributed by atoms with Crippen LogP contribution in [-0.2, 0) is 11.2 Å². The maximum absolute atomic E-state index is 11.7. The Labute approximate surface area is 125 Å². The third-order valence-electron chi connectivity index (χ3n) is 3.28. The predicted molar refractivity (Wildman–Crippen MR) is 81.4 cm³/mol. The lowest BCUT2D eigenvalue weighted by Crippen LogP contribution is -2.30. The van der Waals surface area contributed by atoms with Gasteiger partial charge in [0.2, 0.25) is 0 Å². The number of hydrogen-bond donors (Lipinski definition) is 1. The van der Waals surface area contributed by atoms with Gasteiger partial charge >= 0.3 is 6.09 Å². The molecule has 1 N–H and O–H groups in total. The lowest BCUT2D eigenvalue weighted by Gasteiger charge is -2.21. The molecular formula is C17H20N2O2. The standard InChI is InChI=1S/C17H20N2O2/c1-17(2,3)21-16(20)19-11-13-7-5-8-14-12(10-18)6-4-9-15(13)14/h4,6,9,11H,5,7-8H2,1-3H3,(H,19,20)/b13-11-. The van der Waals surface area contributed by atoms with Gasteiger partial charge in [-0.3, -0.25) is 5.32 Å². The minimum atomic E-state index is -0.513. The van der Waals surface area contributed by atoms with Crippen LogP contribution in [0.2, 0.25) is 0 Å². The Morgan fingerprint density at radius 2 is 2.14 bits per heavy atom. The van der Waals surface area contributed by atoms with Crippen molar-refractivity contribution in [1.82, 2.24) is 5.32 Å². The summed E-state index contributed by atoms with van der Waals surface area (Å²) >= 11 is 0. The third kappa shape index (κ3) is 3.85. The molecule has 0 atom stereocenters. The molecule has 0 saturated heterocycles. The number of rotatable bonds is 1. The van der Waals surface area contributed by atoms with E-state index in [0.717, 1.165) is 41.5 Å². The number of nitriles is 1. The summed E-state index contributed by atoms with van der Waals surface area (Å²) in [6.07, 6.45) is 4.01. The summed E-state index contributed by atoms with van der Waals surface area (Å²) in [5.41, 5.74) is 3.37. The zero-order valence-corrected chi connectivity index (χ0v) is 12.7. The van der Waals surface area contributed by atoms with Crippen LogP contribution in [0.25, 0.3) is 5.57 Å². The Morgan fingerprint density at radius 3 is 2.81 bits per heavy atom. The van der Waals surface area contributed by atoms with Crippen molar-refractivity contribution in [3.63, 3.8) is 0 Å². The largest absolute Gasteiger partial charge is 0.444 e. The topological polar surface area (TPSA) is 62.1 Å². The van der Waals surface area contributed by atoms with E-state index in [1.807, 2.05) is 39.0 Å². The highest BCUT2D eigenvalue weighted by Gasteiger charge is 2.18. The molecule has 1 aliphatic carbocycles. The predicted octanol–water partition coefficient (Wildman–Crippen LogP) is 3.76. The SMILES string of the molecule is CC(C)(C)OC(=O)N/C=C1/CCCc2c(C#N)cccc21. The number of allylic oxidation sites excluding steroid dienone is 1. The summed E-state index contributed by atoms with van der Waals surface area (Å²) < 4.78 is 5.21. The van der Waals surface area contributed by atoms with E-state index >= 15 is 0 Å². The van der Waals surface area contributed by atoms with E-state index in [9.17, 15) is 4.79 Å². The van der Waals surface area contributed by atoms with Crippen molar-refractivity contribution in [2.24, 2.45) is 0 Å². The van der Waals surface area contributed by atoms with Crippen molar-refractivity contribution in [3.05, 3.63) is 41.1 Å². The molecule has 0 saturated carbocycles. The number of fused-ring (bicyclic) bond motifs is 1. The van der Waals surface area contributed by atoms with Crippen LogP contribution in [0.1, 0.15) is 50.3 Å². The lowest BCUT2D eigenvalue weighted by molar-refractivity contribution is 0.0552. The minimum absolute atomic E-state index is 0.460. The molecule has 1 amide bonds. The summed E-state index contributed by atoms with van der Waals surface area (Å²) in [5.74, 6) is 0. The van der Waals surface area contributed by atoms with Gasteiger partial charge in [-0.15, -0.1) is 0 Å². The smallest absolute Gasteiger partial charge is 0.411 e. The van der Waals surface area contributed by atoms with Crippen molar-refractivity contribution < 1.29 is 9.53 Å². The molecular weight excluding hydrogens is 264 g/mol. The molecule has 0 bridgehead atoms. The van der Waals surface area contributed by atoms with Gasteiger partial charge in [-0.25, -0.2) is 4.79 Å². The van der Waals surface area contributed by atoms with Crippen LogP contribution in [-0.4, -0.2) is 11.7 Å². The first-order chi connectivity index (χ1) is 9.90. The molecule has 0 unspecified atom stereocenters. The van der Waals surface area contributed by atoms with Gasteiger partial charge in [-0.2, -0.15) is 5.26 Å². The maximum Gasteiger partial charge on any atom is 0.411 e. The quantitative estimate of drug-likeness (QED) is 0.854.